The molecule has 3 aromatic rings. The van der Waals surface area contributed by atoms with Crippen LogP contribution in [0.5, 0.6) is 0 Å². The molecular formula is C23H23F3O3S3. The SMILES string of the molecule is CCCCSc1ccc([S+](c2ccccc2)c2ccccc2)cc1.O=S(=O)([O-])C(F)(F)F. The first-order chi connectivity index (χ1) is 15.1. The van der Waals surface area contributed by atoms with Crippen LogP contribution in [0.1, 0.15) is 19.8 Å². The molecule has 0 fully saturated rings. The van der Waals surface area contributed by atoms with Crippen molar-refractivity contribution in [3.05, 3.63) is 84.9 Å². The second-order valence-corrected chi connectivity index (χ2v) is 11.1. The molecule has 3 nitrogen and oxygen atoms in total. The number of thioether (sulfide) groups is 1. The molecule has 0 amide bonds. The van der Waals surface area contributed by atoms with Crippen molar-refractivity contribution in [2.24, 2.45) is 0 Å². The van der Waals surface area contributed by atoms with E-state index in [1.54, 1.807) is 0 Å². The van der Waals surface area contributed by atoms with Gasteiger partial charge in [-0.2, -0.15) is 13.2 Å². The Hall–Kier alpha value is -1.94. The molecule has 0 aromatic heterocycles. The van der Waals surface area contributed by atoms with Gasteiger partial charge in [0.1, 0.15) is 0 Å². The highest BCUT2D eigenvalue weighted by molar-refractivity contribution is 7.99. The number of hydrogen-bond acceptors (Lipinski definition) is 4. The van der Waals surface area contributed by atoms with Gasteiger partial charge >= 0.3 is 5.51 Å². The van der Waals surface area contributed by atoms with Gasteiger partial charge in [0, 0.05) is 4.90 Å². The Bertz CT molecular complexity index is 1000. The molecule has 0 unspecified atom stereocenters. The second-order valence-electron chi connectivity index (χ2n) is 6.51. The van der Waals surface area contributed by atoms with Crippen molar-refractivity contribution in [3.8, 4) is 0 Å². The van der Waals surface area contributed by atoms with Crippen molar-refractivity contribution < 1.29 is 26.1 Å². The van der Waals surface area contributed by atoms with E-state index < -0.39 is 15.6 Å². The molecule has 32 heavy (non-hydrogen) atoms. The van der Waals surface area contributed by atoms with Crippen LogP contribution in [0.25, 0.3) is 0 Å². The number of alkyl halides is 3. The van der Waals surface area contributed by atoms with E-state index in [-0.39, 0.29) is 10.9 Å². The minimum Gasteiger partial charge on any atom is -0.741 e. The predicted octanol–water partition coefficient (Wildman–Crippen LogP) is 6.73. The molecule has 3 rings (SSSR count). The molecule has 0 saturated heterocycles. The van der Waals surface area contributed by atoms with Gasteiger partial charge in [-0.15, -0.1) is 11.8 Å². The second kappa shape index (κ2) is 12.3. The summed E-state index contributed by atoms with van der Waals surface area (Å²) in [4.78, 5) is 5.49. The van der Waals surface area contributed by atoms with Crippen LogP contribution in [0.4, 0.5) is 13.2 Å². The van der Waals surface area contributed by atoms with Crippen molar-refractivity contribution in [1.82, 2.24) is 0 Å². The summed E-state index contributed by atoms with van der Waals surface area (Å²) in [5.41, 5.74) is -5.65. The quantitative estimate of drug-likeness (QED) is 0.119. The summed E-state index contributed by atoms with van der Waals surface area (Å²) in [6.45, 7) is 2.25. The van der Waals surface area contributed by atoms with E-state index in [0.29, 0.717) is 0 Å². The van der Waals surface area contributed by atoms with Gasteiger partial charge in [-0.05, 0) is 60.7 Å². The zero-order chi connectivity index (χ0) is 23.6. The smallest absolute Gasteiger partial charge is 0.485 e. The number of hydrogen-bond donors (Lipinski definition) is 0. The summed E-state index contributed by atoms with van der Waals surface area (Å²) in [6.07, 6.45) is 2.54. The van der Waals surface area contributed by atoms with Crippen LogP contribution in [-0.4, -0.2) is 24.2 Å². The third-order valence-corrected chi connectivity index (χ3v) is 7.96. The van der Waals surface area contributed by atoms with E-state index in [1.807, 2.05) is 11.8 Å². The van der Waals surface area contributed by atoms with Crippen LogP contribution in [0, 0.1) is 0 Å². The van der Waals surface area contributed by atoms with Crippen molar-refractivity contribution in [3.63, 3.8) is 0 Å². The van der Waals surface area contributed by atoms with Crippen molar-refractivity contribution in [2.45, 2.75) is 44.9 Å². The Morgan fingerprint density at radius 1 is 0.812 bits per heavy atom. The minimum absolute atomic E-state index is 0.0395. The summed E-state index contributed by atoms with van der Waals surface area (Å²) < 4.78 is 58.9. The lowest BCUT2D eigenvalue weighted by Crippen LogP contribution is -2.21. The lowest BCUT2D eigenvalue weighted by atomic mass is 10.4. The lowest BCUT2D eigenvalue weighted by molar-refractivity contribution is -0.0517. The zero-order valence-corrected chi connectivity index (χ0v) is 19.7. The van der Waals surface area contributed by atoms with Crippen molar-refractivity contribution >= 4 is 32.8 Å². The fraction of sp³-hybridized carbons (Fsp3) is 0.217. The summed E-state index contributed by atoms with van der Waals surface area (Å²) in [5.74, 6) is 1.21. The third kappa shape index (κ3) is 8.20. The van der Waals surface area contributed by atoms with Gasteiger partial charge < -0.3 is 4.55 Å². The maximum Gasteiger partial charge on any atom is 0.485 e. The molecule has 0 heterocycles. The van der Waals surface area contributed by atoms with Crippen molar-refractivity contribution in [2.75, 3.05) is 5.75 Å². The topological polar surface area (TPSA) is 57.2 Å². The third-order valence-electron chi connectivity index (χ3n) is 4.07. The van der Waals surface area contributed by atoms with E-state index >= 15 is 0 Å². The summed E-state index contributed by atoms with van der Waals surface area (Å²) in [6, 6.07) is 30.8. The van der Waals surface area contributed by atoms with E-state index in [4.69, 9.17) is 13.0 Å². The van der Waals surface area contributed by atoms with Gasteiger partial charge in [0.2, 0.25) is 0 Å². The predicted molar refractivity (Wildman–Crippen MR) is 123 cm³/mol. The first kappa shape index (κ1) is 26.3. The minimum atomic E-state index is -6.09. The normalized spacial score (nSPS) is 11.7. The molecule has 0 saturated carbocycles. The number of benzene rings is 3. The molecule has 0 bridgehead atoms. The van der Waals surface area contributed by atoms with E-state index in [9.17, 15) is 13.2 Å². The molecule has 0 radical (unpaired) electrons. The zero-order valence-electron chi connectivity index (χ0n) is 17.3. The van der Waals surface area contributed by atoms with Gasteiger partial charge in [-0.3, -0.25) is 0 Å². The Morgan fingerprint density at radius 3 is 1.59 bits per heavy atom. The van der Waals surface area contributed by atoms with Gasteiger partial charge in [0.15, 0.2) is 24.8 Å². The average molecular weight is 501 g/mol. The Morgan fingerprint density at radius 2 is 1.22 bits per heavy atom. The van der Waals surface area contributed by atoms with E-state index in [2.05, 4.69) is 91.9 Å². The Balaban J connectivity index is 0.000000390. The molecule has 0 aliphatic rings. The Kier molecular flexibility index (Phi) is 10.1. The van der Waals surface area contributed by atoms with Crippen LogP contribution >= 0.6 is 11.8 Å². The largest absolute Gasteiger partial charge is 0.741 e. The Labute approximate surface area is 194 Å². The summed E-state index contributed by atoms with van der Waals surface area (Å²) in [7, 11) is -6.13. The van der Waals surface area contributed by atoms with E-state index in [1.165, 1.54) is 38.2 Å². The molecule has 0 atom stereocenters. The highest BCUT2D eigenvalue weighted by atomic mass is 32.2. The summed E-state index contributed by atoms with van der Waals surface area (Å²) >= 11 is 1.96. The highest BCUT2D eigenvalue weighted by Crippen LogP contribution is 2.32. The van der Waals surface area contributed by atoms with Crippen LogP contribution < -0.4 is 0 Å². The maximum absolute atomic E-state index is 10.7. The number of rotatable bonds is 7. The first-order valence-corrected chi connectivity index (χ1v) is 13.3. The average Bonchev–Trinajstić information content (AvgIpc) is 2.76. The van der Waals surface area contributed by atoms with Gasteiger partial charge in [0.05, 0.1) is 10.9 Å². The van der Waals surface area contributed by atoms with Gasteiger partial charge in [0.25, 0.3) is 0 Å². The molecule has 9 heteroatoms. The monoisotopic (exact) mass is 500 g/mol. The van der Waals surface area contributed by atoms with Gasteiger partial charge in [-0.25, -0.2) is 8.42 Å². The molecular weight excluding hydrogens is 477 g/mol. The highest BCUT2D eigenvalue weighted by Gasteiger charge is 2.37. The molecule has 0 aliphatic heterocycles. The standard InChI is InChI=1S/C22H23S2.CHF3O3S/c1-2-3-18-23-19-14-16-22(17-15-19)24(20-10-6-4-7-11-20)21-12-8-5-9-13-21;2-1(3,4)8(5,6)7/h4-17H,2-3,18H2,1H3;(H,5,6,7)/q+1;/p-1. The van der Waals surface area contributed by atoms with Crippen LogP contribution in [0.15, 0.2) is 105 Å². The van der Waals surface area contributed by atoms with Crippen molar-refractivity contribution in [1.29, 1.82) is 0 Å². The van der Waals surface area contributed by atoms with Crippen LogP contribution in [0.3, 0.4) is 0 Å². The molecule has 0 N–H and O–H groups in total. The molecule has 0 spiro atoms. The van der Waals surface area contributed by atoms with E-state index in [0.717, 1.165) is 0 Å². The number of halogens is 3. The van der Waals surface area contributed by atoms with Crippen LogP contribution in [-0.2, 0) is 21.0 Å². The fourth-order valence-electron chi connectivity index (χ4n) is 2.53. The molecule has 0 aliphatic carbocycles. The number of unbranched alkanes of at least 4 members (excludes halogenated alkanes) is 1. The van der Waals surface area contributed by atoms with Crippen LogP contribution in [0.2, 0.25) is 0 Å². The lowest BCUT2D eigenvalue weighted by Gasteiger charge is -2.08. The fourth-order valence-corrected chi connectivity index (χ4v) is 5.61. The first-order valence-electron chi connectivity index (χ1n) is 9.73. The maximum atomic E-state index is 10.7. The molecule has 3 aromatic carbocycles. The molecule has 172 valence electrons. The van der Waals surface area contributed by atoms with Gasteiger partial charge in [-0.1, -0.05) is 49.7 Å². The summed E-state index contributed by atoms with van der Waals surface area (Å²) in [5, 5.41) is 0.